The van der Waals surface area contributed by atoms with Gasteiger partial charge in [-0.15, -0.1) is 11.3 Å². The monoisotopic (exact) mass is 444 g/mol. The van der Waals surface area contributed by atoms with Gasteiger partial charge >= 0.3 is 0 Å². The van der Waals surface area contributed by atoms with E-state index in [0.29, 0.717) is 17.3 Å². The number of methoxy groups -OCH3 is 1. The maximum atomic E-state index is 12.8. The molecule has 25 heavy (non-hydrogen) atoms. The first-order valence-corrected chi connectivity index (χ1v) is 11.1. The Balaban J connectivity index is 1.63. The van der Waals surface area contributed by atoms with Gasteiger partial charge in [-0.3, -0.25) is 4.90 Å². The third kappa shape index (κ3) is 4.62. The van der Waals surface area contributed by atoms with Crippen molar-refractivity contribution in [1.82, 2.24) is 9.21 Å². The molecule has 0 atom stereocenters. The third-order valence-corrected chi connectivity index (χ3v) is 8.25. The Hall–Kier alpha value is -0.930. The van der Waals surface area contributed by atoms with Crippen LogP contribution in [0, 0.1) is 0 Å². The van der Waals surface area contributed by atoms with Crippen molar-refractivity contribution in [2.24, 2.45) is 0 Å². The van der Waals surface area contributed by atoms with Gasteiger partial charge in [0.05, 0.1) is 10.9 Å². The number of rotatable bonds is 5. The van der Waals surface area contributed by atoms with Crippen LogP contribution in [0.1, 0.15) is 12.0 Å². The fourth-order valence-corrected chi connectivity index (χ4v) is 6.53. The predicted octanol–water partition coefficient (Wildman–Crippen LogP) is 3.42. The molecule has 1 aliphatic heterocycles. The molecule has 0 radical (unpaired) electrons. The summed E-state index contributed by atoms with van der Waals surface area (Å²) in [5, 5.41) is 0. The van der Waals surface area contributed by atoms with E-state index in [9.17, 15) is 8.42 Å². The van der Waals surface area contributed by atoms with Gasteiger partial charge in [0.25, 0.3) is 10.0 Å². The van der Waals surface area contributed by atoms with Crippen molar-refractivity contribution >= 4 is 37.3 Å². The predicted molar refractivity (Wildman–Crippen MR) is 104 cm³/mol. The molecule has 0 amide bonds. The number of benzene rings is 1. The number of nitrogens with zero attached hydrogens (tertiary/aromatic N) is 2. The first-order chi connectivity index (χ1) is 12.0. The van der Waals surface area contributed by atoms with Crippen molar-refractivity contribution in [1.29, 1.82) is 0 Å². The smallest absolute Gasteiger partial charge is 0.252 e. The first kappa shape index (κ1) is 18.8. The summed E-state index contributed by atoms with van der Waals surface area (Å²) in [5.74, 6) is 0.846. The number of hydrogen-bond acceptors (Lipinski definition) is 5. The lowest BCUT2D eigenvalue weighted by molar-refractivity contribution is 0.278. The summed E-state index contributed by atoms with van der Waals surface area (Å²) in [5.41, 5.74) is 1.21. The molecule has 0 saturated carbocycles. The van der Waals surface area contributed by atoms with E-state index >= 15 is 0 Å². The second-order valence-electron chi connectivity index (χ2n) is 5.94. The van der Waals surface area contributed by atoms with E-state index < -0.39 is 10.0 Å². The van der Waals surface area contributed by atoms with E-state index in [2.05, 4.69) is 33.0 Å². The fourth-order valence-electron chi connectivity index (χ4n) is 2.90. The van der Waals surface area contributed by atoms with Gasteiger partial charge in [-0.1, -0.05) is 12.1 Å². The highest BCUT2D eigenvalue weighted by Gasteiger charge is 2.28. The molecule has 0 bridgehead atoms. The molecule has 1 aromatic heterocycles. The van der Waals surface area contributed by atoms with Crippen LogP contribution in [0.5, 0.6) is 5.75 Å². The largest absolute Gasteiger partial charge is 0.497 e. The molecular weight excluding hydrogens is 424 g/mol. The van der Waals surface area contributed by atoms with Gasteiger partial charge in [0.2, 0.25) is 0 Å². The standard InChI is InChI=1S/C17H21BrN2O3S2/c1-23-15-5-3-14(4-6-15)13-19-9-2-10-20(12-11-19)25(21,22)17-8-7-16(18)24-17/h3-8H,2,9-13H2,1H3. The summed E-state index contributed by atoms with van der Waals surface area (Å²) >= 11 is 4.60. The Kier molecular flexibility index (Phi) is 6.17. The summed E-state index contributed by atoms with van der Waals surface area (Å²) < 4.78 is 33.6. The van der Waals surface area contributed by atoms with Crippen LogP contribution in [0.15, 0.2) is 44.4 Å². The number of ether oxygens (including phenoxy) is 1. The Morgan fingerprint density at radius 2 is 1.84 bits per heavy atom. The quantitative estimate of drug-likeness (QED) is 0.708. The molecule has 136 valence electrons. The molecular formula is C17H21BrN2O3S2. The highest BCUT2D eigenvalue weighted by Crippen LogP contribution is 2.29. The third-order valence-electron chi connectivity index (χ3n) is 4.26. The maximum Gasteiger partial charge on any atom is 0.252 e. The molecule has 0 spiro atoms. The van der Waals surface area contributed by atoms with Gasteiger partial charge in [-0.25, -0.2) is 8.42 Å². The molecule has 2 aromatic rings. The number of halogens is 1. The van der Waals surface area contributed by atoms with Crippen LogP contribution >= 0.6 is 27.3 Å². The van der Waals surface area contributed by atoms with Crippen LogP contribution in [-0.4, -0.2) is 50.9 Å². The molecule has 0 aliphatic carbocycles. The average Bonchev–Trinajstić information content (AvgIpc) is 2.91. The van der Waals surface area contributed by atoms with Gasteiger partial charge in [0, 0.05) is 26.2 Å². The van der Waals surface area contributed by atoms with Crippen LogP contribution in [0.3, 0.4) is 0 Å². The molecule has 1 fully saturated rings. The topological polar surface area (TPSA) is 49.9 Å². The SMILES string of the molecule is COc1ccc(CN2CCCN(S(=O)(=O)c3ccc(Br)s3)CC2)cc1. The van der Waals surface area contributed by atoms with Crippen LogP contribution in [0.4, 0.5) is 0 Å². The highest BCUT2D eigenvalue weighted by molar-refractivity contribution is 9.11. The van der Waals surface area contributed by atoms with Crippen LogP contribution < -0.4 is 4.74 Å². The van der Waals surface area contributed by atoms with Gasteiger partial charge in [-0.05, 0) is 58.7 Å². The summed E-state index contributed by atoms with van der Waals surface area (Å²) in [6.07, 6.45) is 0.835. The second-order valence-corrected chi connectivity index (χ2v) is 10.6. The Labute approximate surface area is 161 Å². The zero-order chi connectivity index (χ0) is 17.9. The van der Waals surface area contributed by atoms with Crippen molar-refractivity contribution in [2.75, 3.05) is 33.3 Å². The lowest BCUT2D eigenvalue weighted by atomic mass is 10.2. The molecule has 0 unspecified atom stereocenters. The van der Waals surface area contributed by atoms with E-state index in [-0.39, 0.29) is 0 Å². The Morgan fingerprint density at radius 3 is 2.48 bits per heavy atom. The van der Waals surface area contributed by atoms with Crippen molar-refractivity contribution in [2.45, 2.75) is 17.2 Å². The van der Waals surface area contributed by atoms with Crippen LogP contribution in [0.25, 0.3) is 0 Å². The number of thiophene rings is 1. The van der Waals surface area contributed by atoms with Gasteiger partial charge in [0.15, 0.2) is 0 Å². The molecule has 1 aliphatic rings. The minimum Gasteiger partial charge on any atom is -0.497 e. The lowest BCUT2D eigenvalue weighted by Crippen LogP contribution is -2.34. The van der Waals surface area contributed by atoms with E-state index in [1.807, 2.05) is 12.1 Å². The van der Waals surface area contributed by atoms with E-state index in [1.165, 1.54) is 16.9 Å². The summed E-state index contributed by atoms with van der Waals surface area (Å²) in [4.78, 5) is 2.31. The maximum absolute atomic E-state index is 12.8. The van der Waals surface area contributed by atoms with E-state index in [0.717, 1.165) is 35.6 Å². The normalized spacial score (nSPS) is 17.4. The van der Waals surface area contributed by atoms with Crippen molar-refractivity contribution in [3.8, 4) is 5.75 Å². The Morgan fingerprint density at radius 1 is 1.08 bits per heavy atom. The van der Waals surface area contributed by atoms with E-state index in [4.69, 9.17) is 4.74 Å². The molecule has 1 saturated heterocycles. The second kappa shape index (κ2) is 8.18. The summed E-state index contributed by atoms with van der Waals surface area (Å²) in [7, 11) is -1.73. The van der Waals surface area contributed by atoms with Crippen molar-refractivity contribution in [3.05, 3.63) is 45.7 Å². The average molecular weight is 445 g/mol. The Bertz CT molecular complexity index is 806. The molecule has 3 rings (SSSR count). The fraction of sp³-hybridized carbons (Fsp3) is 0.412. The first-order valence-electron chi connectivity index (χ1n) is 8.10. The zero-order valence-electron chi connectivity index (χ0n) is 14.0. The number of sulfonamides is 1. The van der Waals surface area contributed by atoms with Crippen LogP contribution in [-0.2, 0) is 16.6 Å². The van der Waals surface area contributed by atoms with Crippen LogP contribution in [0.2, 0.25) is 0 Å². The van der Waals surface area contributed by atoms with E-state index in [1.54, 1.807) is 23.5 Å². The molecule has 1 aromatic carbocycles. The van der Waals surface area contributed by atoms with Crippen molar-refractivity contribution in [3.63, 3.8) is 0 Å². The molecule has 0 N–H and O–H groups in total. The highest BCUT2D eigenvalue weighted by atomic mass is 79.9. The van der Waals surface area contributed by atoms with Crippen molar-refractivity contribution < 1.29 is 13.2 Å². The van der Waals surface area contributed by atoms with Gasteiger partial charge in [-0.2, -0.15) is 4.31 Å². The minimum absolute atomic E-state index is 0.406. The molecule has 8 heteroatoms. The number of hydrogen-bond donors (Lipinski definition) is 0. The van der Waals surface area contributed by atoms with Gasteiger partial charge < -0.3 is 4.74 Å². The molecule has 2 heterocycles. The minimum atomic E-state index is -3.39. The summed E-state index contributed by atoms with van der Waals surface area (Å²) in [6, 6.07) is 11.5. The lowest BCUT2D eigenvalue weighted by Gasteiger charge is -2.21. The zero-order valence-corrected chi connectivity index (χ0v) is 17.2. The van der Waals surface area contributed by atoms with Gasteiger partial charge in [0.1, 0.15) is 9.96 Å². The summed E-state index contributed by atoms with van der Waals surface area (Å²) in [6.45, 7) is 3.54. The molecule has 5 nitrogen and oxygen atoms in total.